The van der Waals surface area contributed by atoms with Crippen molar-refractivity contribution in [3.63, 3.8) is 0 Å². The van der Waals surface area contributed by atoms with Gasteiger partial charge in [0.25, 0.3) is 0 Å². The lowest BCUT2D eigenvalue weighted by atomic mass is 9.47. The fourth-order valence-corrected chi connectivity index (χ4v) is 14.0. The molecule has 0 aromatic carbocycles. The highest BCUT2D eigenvalue weighted by atomic mass is 16.5. The zero-order valence-corrected chi connectivity index (χ0v) is 44.4. The SMILES string of the molecule is CCCCCCCCCCCCCCCCCCCCCCCCCCCCC(=O)OCC[C@H](/C=C/[C@@H](C)[C@H]1CC[C@H]2[C@@H]3CC=C4C[C@@H](OC(=O)CC)CC[C@]4(C)[C@H]3CC[C@]12C)C(C)C. The Labute approximate surface area is 404 Å². The van der Waals surface area contributed by atoms with E-state index in [-0.39, 0.29) is 23.5 Å². The molecule has 0 unspecified atom stereocenters. The van der Waals surface area contributed by atoms with Gasteiger partial charge in [-0.25, -0.2) is 0 Å². The van der Waals surface area contributed by atoms with Gasteiger partial charge < -0.3 is 9.47 Å². The second-order valence-corrected chi connectivity index (χ2v) is 23.4. The predicted molar refractivity (Wildman–Crippen MR) is 278 cm³/mol. The van der Waals surface area contributed by atoms with Crippen LogP contribution in [-0.2, 0) is 19.1 Å². The summed E-state index contributed by atoms with van der Waals surface area (Å²) in [6, 6.07) is 0. The monoisotopic (exact) mass is 905 g/mol. The minimum Gasteiger partial charge on any atom is -0.466 e. The standard InChI is InChI=1S/C61H108O4/c1-8-10-11-12-13-14-15-16-17-18-19-20-21-22-23-24-25-26-27-28-29-30-31-32-33-34-35-59(63)64-47-44-51(49(3)4)37-36-50(5)55-40-41-56-54-39-38-52-48-53(65-58(62)9-2)42-45-60(52,6)57(54)43-46-61(55,56)7/h36-38,49-51,53-57H,8-35,39-48H2,1-7H3/b37-36+/t50-,51+,53+,54+,55-,56+,57+,60+,61-/m1/s1. The van der Waals surface area contributed by atoms with Crippen LogP contribution in [0.25, 0.3) is 0 Å². The van der Waals surface area contributed by atoms with Gasteiger partial charge in [-0.2, -0.15) is 0 Å². The molecule has 0 N–H and O–H groups in total. The van der Waals surface area contributed by atoms with Gasteiger partial charge in [-0.1, -0.05) is 233 Å². The molecule has 0 saturated heterocycles. The van der Waals surface area contributed by atoms with Crippen LogP contribution in [0.4, 0.5) is 0 Å². The maximum absolute atomic E-state index is 12.6. The fourth-order valence-electron chi connectivity index (χ4n) is 14.0. The Morgan fingerprint density at radius 3 is 1.66 bits per heavy atom. The number of carbonyl (C=O) groups is 2. The van der Waals surface area contributed by atoms with Crippen molar-refractivity contribution in [1.29, 1.82) is 0 Å². The van der Waals surface area contributed by atoms with Crippen molar-refractivity contribution in [2.24, 2.45) is 52.3 Å². The van der Waals surface area contributed by atoms with E-state index in [1.807, 2.05) is 6.92 Å². The third kappa shape index (κ3) is 19.0. The van der Waals surface area contributed by atoms with Gasteiger partial charge in [-0.15, -0.1) is 0 Å². The quantitative estimate of drug-likeness (QED) is 0.0357. The molecule has 376 valence electrons. The second kappa shape index (κ2) is 31.5. The van der Waals surface area contributed by atoms with E-state index in [9.17, 15) is 9.59 Å². The summed E-state index contributed by atoms with van der Waals surface area (Å²) in [6.45, 7) is 17.1. The van der Waals surface area contributed by atoms with Crippen LogP contribution in [-0.4, -0.2) is 24.6 Å². The zero-order chi connectivity index (χ0) is 46.8. The van der Waals surface area contributed by atoms with Crippen molar-refractivity contribution in [1.82, 2.24) is 0 Å². The Balaban J connectivity index is 0.970. The number of unbranched alkanes of at least 4 members (excludes halogenated alkanes) is 25. The van der Waals surface area contributed by atoms with Crippen LogP contribution in [0.2, 0.25) is 0 Å². The third-order valence-corrected chi connectivity index (χ3v) is 18.3. The van der Waals surface area contributed by atoms with Crippen molar-refractivity contribution in [2.45, 2.75) is 292 Å². The number of ether oxygens (including phenoxy) is 2. The summed E-state index contributed by atoms with van der Waals surface area (Å²) in [5, 5.41) is 0. The highest BCUT2D eigenvalue weighted by Crippen LogP contribution is 2.67. The topological polar surface area (TPSA) is 52.6 Å². The lowest BCUT2D eigenvalue weighted by molar-refractivity contribution is -0.151. The van der Waals surface area contributed by atoms with E-state index in [1.54, 1.807) is 5.57 Å². The van der Waals surface area contributed by atoms with Crippen LogP contribution in [0, 0.1) is 52.3 Å². The van der Waals surface area contributed by atoms with Crippen LogP contribution in [0.3, 0.4) is 0 Å². The molecule has 0 heterocycles. The van der Waals surface area contributed by atoms with E-state index < -0.39 is 0 Å². The van der Waals surface area contributed by atoms with E-state index in [1.165, 1.54) is 193 Å². The van der Waals surface area contributed by atoms with Crippen LogP contribution >= 0.6 is 0 Å². The van der Waals surface area contributed by atoms with Crippen LogP contribution in [0.1, 0.15) is 286 Å². The Bertz CT molecular complexity index is 1350. The molecule has 0 spiro atoms. The maximum atomic E-state index is 12.6. The number of rotatable bonds is 36. The molecule has 3 fully saturated rings. The number of allylic oxidation sites excluding steroid dienone is 3. The molecule has 4 aliphatic carbocycles. The van der Waals surface area contributed by atoms with Gasteiger partial charge in [0.2, 0.25) is 0 Å². The number of carbonyl (C=O) groups excluding carboxylic acids is 2. The molecule has 4 aliphatic rings. The van der Waals surface area contributed by atoms with Crippen molar-refractivity contribution >= 4 is 11.9 Å². The Morgan fingerprint density at radius 1 is 0.631 bits per heavy atom. The number of fused-ring (bicyclic) bond motifs is 5. The third-order valence-electron chi connectivity index (χ3n) is 18.3. The fraction of sp³-hybridized carbons (Fsp3) is 0.902. The molecule has 3 saturated carbocycles. The highest BCUT2D eigenvalue weighted by molar-refractivity contribution is 5.69. The van der Waals surface area contributed by atoms with Gasteiger partial charge in [-0.3, -0.25) is 9.59 Å². The molecule has 0 bridgehead atoms. The lowest BCUT2D eigenvalue weighted by Crippen LogP contribution is -2.51. The first-order valence-electron chi connectivity index (χ1n) is 29.3. The molecule has 0 aliphatic heterocycles. The molecule has 9 atom stereocenters. The van der Waals surface area contributed by atoms with Crippen molar-refractivity contribution in [3.8, 4) is 0 Å². The second-order valence-electron chi connectivity index (χ2n) is 23.4. The minimum atomic E-state index is -0.0447. The Hall–Kier alpha value is -1.58. The molecule has 4 heteroatoms. The van der Waals surface area contributed by atoms with E-state index >= 15 is 0 Å². The Morgan fingerprint density at radius 2 is 1.15 bits per heavy atom. The molecule has 4 rings (SSSR count). The summed E-state index contributed by atoms with van der Waals surface area (Å²) in [6.07, 6.45) is 55.8. The number of hydrogen-bond donors (Lipinski definition) is 0. The van der Waals surface area contributed by atoms with Gasteiger partial charge in [0, 0.05) is 19.3 Å². The predicted octanol–water partition coefficient (Wildman–Crippen LogP) is 18.8. The van der Waals surface area contributed by atoms with E-state index in [4.69, 9.17) is 9.47 Å². The van der Waals surface area contributed by atoms with Gasteiger partial charge in [-0.05, 0) is 110 Å². The van der Waals surface area contributed by atoms with E-state index in [0.29, 0.717) is 42.6 Å². The van der Waals surface area contributed by atoms with Crippen molar-refractivity contribution < 1.29 is 19.1 Å². The average Bonchev–Trinajstić information content (AvgIpc) is 3.65. The summed E-state index contributed by atoms with van der Waals surface area (Å²) >= 11 is 0. The summed E-state index contributed by atoms with van der Waals surface area (Å²) in [4.78, 5) is 24.7. The lowest BCUT2D eigenvalue weighted by Gasteiger charge is -2.58. The van der Waals surface area contributed by atoms with Crippen LogP contribution in [0.15, 0.2) is 23.8 Å². The van der Waals surface area contributed by atoms with Gasteiger partial charge in [0.15, 0.2) is 0 Å². The first kappa shape index (κ1) is 56.0. The van der Waals surface area contributed by atoms with Gasteiger partial charge in [0.1, 0.15) is 6.10 Å². The summed E-state index contributed by atoms with van der Waals surface area (Å²) < 4.78 is 11.6. The van der Waals surface area contributed by atoms with Crippen molar-refractivity contribution in [3.05, 3.63) is 23.8 Å². The maximum Gasteiger partial charge on any atom is 0.305 e. The average molecular weight is 906 g/mol. The summed E-state index contributed by atoms with van der Waals surface area (Å²) in [5.74, 6) is 4.61. The van der Waals surface area contributed by atoms with Crippen LogP contribution < -0.4 is 0 Å². The molecular weight excluding hydrogens is 797 g/mol. The largest absolute Gasteiger partial charge is 0.466 e. The summed E-state index contributed by atoms with van der Waals surface area (Å²) in [5.41, 5.74) is 2.28. The molecular formula is C61H108O4. The molecule has 0 aromatic rings. The van der Waals surface area contributed by atoms with Gasteiger partial charge in [0.05, 0.1) is 6.61 Å². The molecule has 0 aromatic heterocycles. The minimum absolute atomic E-state index is 0.00114. The summed E-state index contributed by atoms with van der Waals surface area (Å²) in [7, 11) is 0. The molecule has 0 amide bonds. The zero-order valence-electron chi connectivity index (χ0n) is 44.4. The van der Waals surface area contributed by atoms with E-state index in [2.05, 4.69) is 59.8 Å². The molecule has 0 radical (unpaired) electrons. The molecule has 4 nitrogen and oxygen atoms in total. The van der Waals surface area contributed by atoms with Gasteiger partial charge >= 0.3 is 11.9 Å². The van der Waals surface area contributed by atoms with Crippen molar-refractivity contribution in [2.75, 3.05) is 6.61 Å². The highest BCUT2D eigenvalue weighted by Gasteiger charge is 2.59. The number of hydrogen-bond acceptors (Lipinski definition) is 4. The van der Waals surface area contributed by atoms with E-state index in [0.717, 1.165) is 55.8 Å². The normalized spacial score (nSPS) is 27.3. The smallest absolute Gasteiger partial charge is 0.305 e. The first-order chi connectivity index (χ1) is 31.5. The Kier molecular flexibility index (Phi) is 27.2. The molecule has 65 heavy (non-hydrogen) atoms. The number of esters is 2. The first-order valence-corrected chi connectivity index (χ1v) is 29.3. The van der Waals surface area contributed by atoms with Crippen LogP contribution in [0.5, 0.6) is 0 Å².